The van der Waals surface area contributed by atoms with Gasteiger partial charge in [0.15, 0.2) is 5.82 Å². The number of hydrogen-bond acceptors (Lipinski definition) is 6. The summed E-state index contributed by atoms with van der Waals surface area (Å²) in [6.07, 6.45) is 1.51. The maximum Gasteiger partial charge on any atom is 0.252 e. The number of halogens is 1. The normalized spacial score (nSPS) is 12.2. The smallest absolute Gasteiger partial charge is 0.252 e. The monoisotopic (exact) mass is 526 g/mol. The Morgan fingerprint density at radius 3 is 2.54 bits per heavy atom. The number of H-pyrrole nitrogens is 1. The molecule has 0 bridgehead atoms. The van der Waals surface area contributed by atoms with Crippen LogP contribution in [0.4, 0.5) is 4.39 Å². The van der Waals surface area contributed by atoms with Gasteiger partial charge in [-0.2, -0.15) is 0 Å². The van der Waals surface area contributed by atoms with E-state index >= 15 is 0 Å². The first-order chi connectivity index (χ1) is 19.0. The van der Waals surface area contributed by atoms with Crippen LogP contribution < -0.4 is 10.3 Å². The molecule has 0 fully saturated rings. The second-order valence-electron chi connectivity index (χ2n) is 9.53. The zero-order chi connectivity index (χ0) is 27.2. The van der Waals surface area contributed by atoms with Gasteiger partial charge in [-0.25, -0.2) is 9.07 Å². The number of aromatic amines is 1. The predicted octanol–water partition coefficient (Wildman–Crippen LogP) is 5.06. The summed E-state index contributed by atoms with van der Waals surface area (Å²) in [5.41, 5.74) is 3.33. The van der Waals surface area contributed by atoms with Crippen LogP contribution in [0.1, 0.15) is 41.9 Å². The number of pyridine rings is 1. The van der Waals surface area contributed by atoms with Crippen molar-refractivity contribution in [2.45, 2.75) is 45.4 Å². The Bertz CT molecular complexity index is 1580. The Balaban J connectivity index is 1.48. The van der Waals surface area contributed by atoms with Gasteiger partial charge in [-0.1, -0.05) is 49.4 Å². The molecule has 0 aliphatic heterocycles. The van der Waals surface area contributed by atoms with E-state index in [0.29, 0.717) is 37.4 Å². The van der Waals surface area contributed by atoms with Crippen molar-refractivity contribution >= 4 is 10.9 Å². The van der Waals surface area contributed by atoms with Gasteiger partial charge in [-0.15, -0.1) is 5.10 Å². The average Bonchev–Trinajstić information content (AvgIpc) is 3.42. The first kappa shape index (κ1) is 26.2. The highest BCUT2D eigenvalue weighted by molar-refractivity contribution is 5.80. The van der Waals surface area contributed by atoms with E-state index in [1.54, 1.807) is 19.2 Å². The lowest BCUT2D eigenvalue weighted by molar-refractivity contribution is 0.160. The highest BCUT2D eigenvalue weighted by Crippen LogP contribution is 2.27. The number of nitrogens with one attached hydrogen (secondary N) is 1. The molecule has 1 atom stereocenters. The molecule has 0 amide bonds. The number of rotatable bonds is 11. The summed E-state index contributed by atoms with van der Waals surface area (Å²) in [7, 11) is 1.62. The third kappa shape index (κ3) is 6.21. The van der Waals surface area contributed by atoms with E-state index in [9.17, 15) is 9.18 Å². The molecule has 39 heavy (non-hydrogen) atoms. The van der Waals surface area contributed by atoms with Gasteiger partial charge in [-0.05, 0) is 70.8 Å². The Morgan fingerprint density at radius 2 is 1.79 bits per heavy atom. The summed E-state index contributed by atoms with van der Waals surface area (Å²) in [5, 5.41) is 13.6. The van der Waals surface area contributed by atoms with Gasteiger partial charge < -0.3 is 9.72 Å². The van der Waals surface area contributed by atoms with Crippen molar-refractivity contribution < 1.29 is 9.13 Å². The summed E-state index contributed by atoms with van der Waals surface area (Å²) in [6, 6.07) is 23.9. The predicted molar refractivity (Wildman–Crippen MR) is 148 cm³/mol. The number of methoxy groups -OCH3 is 1. The average molecular weight is 527 g/mol. The van der Waals surface area contributed by atoms with Crippen LogP contribution in [-0.2, 0) is 26.1 Å². The van der Waals surface area contributed by atoms with Gasteiger partial charge >= 0.3 is 0 Å². The molecule has 9 heteroatoms. The van der Waals surface area contributed by atoms with E-state index in [1.807, 2.05) is 47.1 Å². The zero-order valence-electron chi connectivity index (χ0n) is 22.0. The van der Waals surface area contributed by atoms with Crippen LogP contribution >= 0.6 is 0 Å². The highest BCUT2D eigenvalue weighted by atomic mass is 19.1. The fourth-order valence-corrected chi connectivity index (χ4v) is 4.89. The second-order valence-corrected chi connectivity index (χ2v) is 9.53. The Morgan fingerprint density at radius 1 is 1.00 bits per heavy atom. The number of tetrazole rings is 1. The van der Waals surface area contributed by atoms with E-state index in [1.165, 1.54) is 17.7 Å². The molecule has 5 rings (SSSR count). The molecule has 0 aliphatic rings. The molecule has 0 spiro atoms. The summed E-state index contributed by atoms with van der Waals surface area (Å²) in [4.78, 5) is 18.3. The molecule has 5 aromatic rings. The van der Waals surface area contributed by atoms with Gasteiger partial charge in [0, 0.05) is 36.1 Å². The van der Waals surface area contributed by atoms with Crippen LogP contribution in [0.3, 0.4) is 0 Å². The fraction of sp³-hybridized carbons (Fsp3) is 0.267. The summed E-state index contributed by atoms with van der Waals surface area (Å²) < 4.78 is 20.9. The third-order valence-electron chi connectivity index (χ3n) is 6.94. The van der Waals surface area contributed by atoms with Crippen molar-refractivity contribution in [2.24, 2.45) is 0 Å². The number of aryl methyl sites for hydroxylation is 2. The lowest BCUT2D eigenvalue weighted by atomic mass is 10.1. The van der Waals surface area contributed by atoms with Gasteiger partial charge in [-0.3, -0.25) is 9.69 Å². The molecule has 0 aliphatic carbocycles. The van der Waals surface area contributed by atoms with E-state index < -0.39 is 0 Å². The largest absolute Gasteiger partial charge is 0.497 e. The molecule has 0 saturated carbocycles. The molecule has 8 nitrogen and oxygen atoms in total. The molecule has 1 unspecified atom stereocenters. The summed E-state index contributed by atoms with van der Waals surface area (Å²) in [5.74, 6) is 1.16. The molecule has 2 aromatic heterocycles. The topological polar surface area (TPSA) is 88.9 Å². The van der Waals surface area contributed by atoms with E-state index in [0.717, 1.165) is 28.7 Å². The molecular formula is C30H31FN6O2. The van der Waals surface area contributed by atoms with E-state index in [2.05, 4.69) is 44.5 Å². The van der Waals surface area contributed by atoms with Crippen molar-refractivity contribution in [3.8, 4) is 5.75 Å². The van der Waals surface area contributed by atoms with E-state index in [4.69, 9.17) is 4.74 Å². The molecule has 3 aromatic carbocycles. The lowest BCUT2D eigenvalue weighted by Gasteiger charge is -2.30. The number of ether oxygens (including phenoxy) is 1. The van der Waals surface area contributed by atoms with Gasteiger partial charge in [0.2, 0.25) is 0 Å². The third-order valence-corrected chi connectivity index (χ3v) is 6.94. The van der Waals surface area contributed by atoms with E-state index in [-0.39, 0.29) is 17.4 Å². The number of nitrogens with zero attached hydrogens (tertiary/aromatic N) is 5. The number of aromatic nitrogens is 5. The maximum absolute atomic E-state index is 13.7. The van der Waals surface area contributed by atoms with Crippen LogP contribution in [-0.4, -0.2) is 37.2 Å². The van der Waals surface area contributed by atoms with Gasteiger partial charge in [0.05, 0.1) is 13.2 Å². The SMILES string of the molecule is CCC(c1nnnn1CCc1ccccc1)N(Cc1ccc(F)cc1)Cc1cc2cc(OC)ccc2[nH]c1=O. The van der Waals surface area contributed by atoms with Crippen molar-refractivity contribution in [3.63, 3.8) is 0 Å². The van der Waals surface area contributed by atoms with Crippen LogP contribution in [0.2, 0.25) is 0 Å². The zero-order valence-corrected chi connectivity index (χ0v) is 22.0. The van der Waals surface area contributed by atoms with Crippen LogP contribution in [0.15, 0.2) is 83.7 Å². The fourth-order valence-electron chi connectivity index (χ4n) is 4.89. The quantitative estimate of drug-likeness (QED) is 0.259. The van der Waals surface area contributed by atoms with Crippen molar-refractivity contribution in [3.05, 3.63) is 118 Å². The van der Waals surface area contributed by atoms with Crippen molar-refractivity contribution in [1.29, 1.82) is 0 Å². The standard InChI is InChI=1S/C30H31FN6O2/c1-3-28(29-33-34-35-37(29)16-15-21-7-5-4-6-8-21)36(19-22-9-11-25(31)12-10-22)20-24-17-23-18-26(39-2)13-14-27(23)32-30(24)38/h4-14,17-18,28H,3,15-16,19-20H2,1-2H3,(H,32,38). The number of hydrogen-bond donors (Lipinski definition) is 1. The molecule has 200 valence electrons. The summed E-state index contributed by atoms with van der Waals surface area (Å²) >= 11 is 0. The lowest BCUT2D eigenvalue weighted by Crippen LogP contribution is -2.32. The minimum absolute atomic E-state index is 0.157. The van der Waals surface area contributed by atoms with Crippen LogP contribution in [0.25, 0.3) is 10.9 Å². The maximum atomic E-state index is 13.7. The second kappa shape index (κ2) is 12.0. The Labute approximate surface area is 226 Å². The Hall–Kier alpha value is -4.37. The van der Waals surface area contributed by atoms with Crippen LogP contribution in [0.5, 0.6) is 5.75 Å². The highest BCUT2D eigenvalue weighted by Gasteiger charge is 2.26. The van der Waals surface area contributed by atoms with Crippen LogP contribution in [0, 0.1) is 5.82 Å². The minimum atomic E-state index is -0.290. The molecule has 0 radical (unpaired) electrons. The van der Waals surface area contributed by atoms with Crippen molar-refractivity contribution in [2.75, 3.05) is 7.11 Å². The number of benzene rings is 3. The first-order valence-corrected chi connectivity index (χ1v) is 13.0. The molecular weight excluding hydrogens is 495 g/mol. The van der Waals surface area contributed by atoms with Gasteiger partial charge in [0.1, 0.15) is 11.6 Å². The van der Waals surface area contributed by atoms with Crippen molar-refractivity contribution in [1.82, 2.24) is 30.1 Å². The summed E-state index contributed by atoms with van der Waals surface area (Å²) in [6.45, 7) is 3.54. The first-order valence-electron chi connectivity index (χ1n) is 13.0. The number of fused-ring (bicyclic) bond motifs is 1. The Kier molecular flexibility index (Phi) is 8.07. The molecule has 2 heterocycles. The molecule has 0 saturated heterocycles. The molecule has 1 N–H and O–H groups in total. The minimum Gasteiger partial charge on any atom is -0.497 e. The van der Waals surface area contributed by atoms with Gasteiger partial charge in [0.25, 0.3) is 5.56 Å².